The number of para-hydroxylation sites is 1. The molecule has 0 radical (unpaired) electrons. The van der Waals surface area contributed by atoms with E-state index in [0.717, 1.165) is 48.2 Å². The molecule has 27 heavy (non-hydrogen) atoms. The van der Waals surface area contributed by atoms with Crippen LogP contribution in [0.2, 0.25) is 0 Å². The number of nitrogens with one attached hydrogen (secondary N) is 2. The zero-order chi connectivity index (χ0) is 18.9. The fraction of sp³-hybridized carbons (Fsp3) is 0.381. The second-order valence-corrected chi connectivity index (χ2v) is 6.66. The normalized spacial score (nSPS) is 21.7. The number of hydrogen-bond donors (Lipinski definition) is 2. The van der Waals surface area contributed by atoms with E-state index < -0.39 is 0 Å². The first-order chi connectivity index (χ1) is 13.3. The van der Waals surface area contributed by atoms with E-state index in [0.29, 0.717) is 12.3 Å². The van der Waals surface area contributed by atoms with Gasteiger partial charge in [0.05, 0.1) is 12.8 Å². The van der Waals surface area contributed by atoms with Crippen LogP contribution in [-0.2, 0) is 0 Å². The molecule has 1 aromatic rings. The highest BCUT2D eigenvalue weighted by atomic mass is 16.5. The van der Waals surface area contributed by atoms with Gasteiger partial charge in [0.2, 0.25) is 0 Å². The minimum atomic E-state index is 0.586. The molecule has 1 aromatic carbocycles. The van der Waals surface area contributed by atoms with Crippen LogP contribution >= 0.6 is 0 Å². The Hall–Kier alpha value is -2.73. The van der Waals surface area contributed by atoms with E-state index in [9.17, 15) is 0 Å². The first kappa shape index (κ1) is 19.0. The van der Waals surface area contributed by atoms with Crippen molar-refractivity contribution in [2.24, 2.45) is 20.9 Å². The summed E-state index contributed by atoms with van der Waals surface area (Å²) in [6.07, 6.45) is 8.54. The number of hydrogen-bond acceptors (Lipinski definition) is 5. The Morgan fingerprint density at radius 2 is 2.30 bits per heavy atom. The van der Waals surface area contributed by atoms with Crippen molar-refractivity contribution in [2.45, 2.75) is 19.3 Å². The van der Waals surface area contributed by atoms with Crippen molar-refractivity contribution >= 4 is 18.3 Å². The fourth-order valence-electron chi connectivity index (χ4n) is 3.29. The summed E-state index contributed by atoms with van der Waals surface area (Å²) >= 11 is 0. The van der Waals surface area contributed by atoms with Crippen LogP contribution in [0.1, 0.15) is 24.8 Å². The summed E-state index contributed by atoms with van der Waals surface area (Å²) < 4.78 is 5.51. The lowest BCUT2D eigenvalue weighted by molar-refractivity contribution is 0.386. The van der Waals surface area contributed by atoms with Crippen LogP contribution in [0.4, 0.5) is 0 Å². The summed E-state index contributed by atoms with van der Waals surface area (Å²) in [7, 11) is 1.68. The Morgan fingerprint density at radius 3 is 3.07 bits per heavy atom. The maximum Gasteiger partial charge on any atom is 0.129 e. The molecule has 2 aliphatic rings. The third kappa shape index (κ3) is 5.37. The smallest absolute Gasteiger partial charge is 0.129 e. The van der Waals surface area contributed by atoms with Gasteiger partial charge in [-0.15, -0.1) is 0 Å². The van der Waals surface area contributed by atoms with E-state index >= 15 is 0 Å². The van der Waals surface area contributed by atoms with Crippen molar-refractivity contribution in [1.29, 1.82) is 0 Å². The van der Waals surface area contributed by atoms with Crippen LogP contribution in [-0.4, -0.2) is 45.0 Å². The van der Waals surface area contributed by atoms with Gasteiger partial charge in [-0.3, -0.25) is 9.98 Å². The monoisotopic (exact) mass is 365 g/mol. The number of amidine groups is 1. The Bertz CT molecular complexity index is 773. The van der Waals surface area contributed by atoms with Gasteiger partial charge in [-0.1, -0.05) is 12.1 Å². The van der Waals surface area contributed by atoms with E-state index in [1.807, 2.05) is 30.3 Å². The lowest BCUT2D eigenvalue weighted by atomic mass is 10.00. The number of methoxy groups -OCH3 is 1. The van der Waals surface area contributed by atoms with Crippen LogP contribution < -0.4 is 15.4 Å². The highest BCUT2D eigenvalue weighted by Gasteiger charge is 2.17. The van der Waals surface area contributed by atoms with Gasteiger partial charge in [0.15, 0.2) is 0 Å². The van der Waals surface area contributed by atoms with Gasteiger partial charge in [0.25, 0.3) is 0 Å². The van der Waals surface area contributed by atoms with E-state index in [1.54, 1.807) is 19.5 Å². The largest absolute Gasteiger partial charge is 0.496 e. The molecule has 1 fully saturated rings. The molecule has 1 atom stereocenters. The van der Waals surface area contributed by atoms with Gasteiger partial charge < -0.3 is 15.4 Å². The lowest BCUT2D eigenvalue weighted by Gasteiger charge is -2.22. The number of benzene rings is 1. The second-order valence-electron chi connectivity index (χ2n) is 6.66. The summed E-state index contributed by atoms with van der Waals surface area (Å²) in [6.45, 7) is 6.42. The molecular weight excluding hydrogens is 338 g/mol. The summed E-state index contributed by atoms with van der Waals surface area (Å²) in [5.74, 6) is 2.22. The van der Waals surface area contributed by atoms with Crippen LogP contribution in [0.5, 0.6) is 5.75 Å². The number of piperidine rings is 1. The predicted molar refractivity (Wildman–Crippen MR) is 112 cm³/mol. The summed E-state index contributed by atoms with van der Waals surface area (Å²) in [5, 5.41) is 6.70. The standard InChI is InChI=1S/C21H27N5O/c1-22-10-11-24-17-12-19(18-7-3-4-8-20(18)27-2)26-21(13-17)25-15-16-6-5-9-23-14-16/h3-4,7-8,10-12,16,23-24H,1,5-6,9,13-15H2,2H3/b11-10-,25-21?. The minimum absolute atomic E-state index is 0.586. The van der Waals surface area contributed by atoms with E-state index in [1.165, 1.54) is 12.8 Å². The van der Waals surface area contributed by atoms with Crippen molar-refractivity contribution in [2.75, 3.05) is 26.7 Å². The van der Waals surface area contributed by atoms with Crippen molar-refractivity contribution in [3.8, 4) is 5.75 Å². The number of ether oxygens (including phenoxy) is 1. The van der Waals surface area contributed by atoms with E-state index in [-0.39, 0.29) is 0 Å². The summed E-state index contributed by atoms with van der Waals surface area (Å²) in [6, 6.07) is 7.90. The maximum absolute atomic E-state index is 5.51. The maximum atomic E-state index is 5.51. The van der Waals surface area contributed by atoms with Crippen LogP contribution in [0, 0.1) is 5.92 Å². The average molecular weight is 365 g/mol. The third-order valence-corrected chi connectivity index (χ3v) is 4.67. The summed E-state index contributed by atoms with van der Waals surface area (Å²) in [4.78, 5) is 13.4. The highest BCUT2D eigenvalue weighted by molar-refractivity contribution is 6.17. The molecule has 2 aliphatic heterocycles. The van der Waals surface area contributed by atoms with Gasteiger partial charge in [0.1, 0.15) is 11.6 Å². The average Bonchev–Trinajstić information content (AvgIpc) is 2.73. The number of allylic oxidation sites excluding steroid dienone is 1. The molecule has 1 unspecified atom stereocenters. The van der Waals surface area contributed by atoms with Gasteiger partial charge in [-0.2, -0.15) is 0 Å². The number of dihydropyridines is 1. The molecule has 2 N–H and O–H groups in total. The van der Waals surface area contributed by atoms with Gasteiger partial charge in [0, 0.05) is 36.6 Å². The first-order valence-corrected chi connectivity index (χ1v) is 9.34. The van der Waals surface area contributed by atoms with Crippen molar-refractivity contribution in [3.05, 3.63) is 54.0 Å². The predicted octanol–water partition coefficient (Wildman–Crippen LogP) is 2.93. The van der Waals surface area contributed by atoms with Gasteiger partial charge in [-0.05, 0) is 56.8 Å². The molecule has 0 amide bonds. The number of nitrogens with zero attached hydrogens (tertiary/aromatic N) is 3. The molecule has 6 heteroatoms. The Kier molecular flexibility index (Phi) is 6.93. The lowest BCUT2D eigenvalue weighted by Crippen LogP contribution is -2.31. The van der Waals surface area contributed by atoms with E-state index in [4.69, 9.17) is 14.7 Å². The zero-order valence-corrected chi connectivity index (χ0v) is 15.8. The SMILES string of the molecule is C=N/C=C\NC1=CC(c2ccccc2OC)=NC(=NCC2CCCNC2)C1. The highest BCUT2D eigenvalue weighted by Crippen LogP contribution is 2.22. The number of rotatable bonds is 7. The molecule has 1 saturated heterocycles. The van der Waals surface area contributed by atoms with Crippen molar-refractivity contribution < 1.29 is 4.74 Å². The molecule has 0 saturated carbocycles. The van der Waals surface area contributed by atoms with Crippen LogP contribution in [0.15, 0.2) is 63.4 Å². The molecular formula is C21H27N5O. The molecule has 142 valence electrons. The Labute approximate surface area is 160 Å². The second kappa shape index (κ2) is 9.83. The first-order valence-electron chi connectivity index (χ1n) is 9.34. The molecule has 2 heterocycles. The molecule has 6 nitrogen and oxygen atoms in total. The molecule has 0 aliphatic carbocycles. The van der Waals surface area contributed by atoms with Gasteiger partial charge in [-0.25, -0.2) is 4.99 Å². The Morgan fingerprint density at radius 1 is 1.41 bits per heavy atom. The van der Waals surface area contributed by atoms with Crippen molar-refractivity contribution in [3.63, 3.8) is 0 Å². The quantitative estimate of drug-likeness (QED) is 0.730. The number of aliphatic imine (C=N–C) groups is 3. The van der Waals surface area contributed by atoms with E-state index in [2.05, 4.69) is 22.3 Å². The van der Waals surface area contributed by atoms with Crippen molar-refractivity contribution in [1.82, 2.24) is 10.6 Å². The third-order valence-electron chi connectivity index (χ3n) is 4.67. The van der Waals surface area contributed by atoms with Crippen LogP contribution in [0.25, 0.3) is 0 Å². The molecule has 0 aromatic heterocycles. The minimum Gasteiger partial charge on any atom is -0.496 e. The van der Waals surface area contributed by atoms with Crippen LogP contribution in [0.3, 0.4) is 0 Å². The zero-order valence-electron chi connectivity index (χ0n) is 15.8. The molecule has 0 spiro atoms. The fourth-order valence-corrected chi connectivity index (χ4v) is 3.29. The molecule has 3 rings (SSSR count). The Balaban J connectivity index is 1.85. The topological polar surface area (TPSA) is 70.4 Å². The van der Waals surface area contributed by atoms with Gasteiger partial charge >= 0.3 is 0 Å². The summed E-state index contributed by atoms with van der Waals surface area (Å²) in [5.41, 5.74) is 2.82. The molecule has 0 bridgehead atoms.